The van der Waals surface area contributed by atoms with Crippen LogP contribution < -0.4 is 15.8 Å². The van der Waals surface area contributed by atoms with Gasteiger partial charge in [0.1, 0.15) is 12.3 Å². The third-order valence-corrected chi connectivity index (χ3v) is 4.38. The Kier molecular flexibility index (Phi) is 5.12. The first kappa shape index (κ1) is 19.1. The van der Waals surface area contributed by atoms with E-state index in [1.165, 1.54) is 4.68 Å². The largest absolute Gasteiger partial charge is 0.497 e. The molecule has 10 heteroatoms. The molecule has 0 aliphatic rings. The van der Waals surface area contributed by atoms with Crippen LogP contribution in [-0.2, 0) is 11.3 Å². The van der Waals surface area contributed by atoms with Crippen LogP contribution in [0.4, 0.5) is 11.5 Å². The van der Waals surface area contributed by atoms with Gasteiger partial charge in [-0.25, -0.2) is 4.68 Å². The molecule has 0 saturated heterocycles. The van der Waals surface area contributed by atoms with E-state index in [9.17, 15) is 4.79 Å². The van der Waals surface area contributed by atoms with Gasteiger partial charge in [-0.2, -0.15) is 4.98 Å². The van der Waals surface area contributed by atoms with E-state index in [0.717, 1.165) is 11.1 Å². The summed E-state index contributed by atoms with van der Waals surface area (Å²) in [5.41, 5.74) is 8.87. The van der Waals surface area contributed by atoms with Crippen molar-refractivity contribution in [2.45, 2.75) is 13.5 Å². The summed E-state index contributed by atoms with van der Waals surface area (Å²) in [6, 6.07) is 14.7. The Bertz CT molecular complexity index is 1160. The number of anilines is 2. The molecule has 2 aromatic heterocycles. The second-order valence-corrected chi connectivity index (χ2v) is 6.55. The van der Waals surface area contributed by atoms with E-state index in [1.54, 1.807) is 31.4 Å². The van der Waals surface area contributed by atoms with Gasteiger partial charge in [-0.1, -0.05) is 40.2 Å². The summed E-state index contributed by atoms with van der Waals surface area (Å²) in [7, 11) is 1.58. The lowest BCUT2D eigenvalue weighted by atomic mass is 10.1. The summed E-state index contributed by atoms with van der Waals surface area (Å²) in [5.74, 6) is 1.08. The number of nitrogens with zero attached hydrogens (tertiary/aromatic N) is 5. The van der Waals surface area contributed by atoms with E-state index in [1.807, 2.05) is 31.2 Å². The van der Waals surface area contributed by atoms with E-state index in [4.69, 9.17) is 15.0 Å². The number of hydrogen-bond donors (Lipinski definition) is 2. The van der Waals surface area contributed by atoms with Crippen LogP contribution in [0.15, 0.2) is 53.1 Å². The van der Waals surface area contributed by atoms with Gasteiger partial charge in [-0.15, -0.1) is 5.10 Å². The summed E-state index contributed by atoms with van der Waals surface area (Å²) in [6.07, 6.45) is 0. The van der Waals surface area contributed by atoms with Crippen LogP contribution in [0.5, 0.6) is 5.75 Å². The molecule has 4 rings (SSSR count). The molecule has 1 amide bonds. The molecule has 152 valence electrons. The number of aryl methyl sites for hydroxylation is 1. The van der Waals surface area contributed by atoms with Crippen LogP contribution in [0, 0.1) is 6.92 Å². The van der Waals surface area contributed by atoms with Gasteiger partial charge in [0.15, 0.2) is 11.5 Å². The Morgan fingerprint density at radius 1 is 1.17 bits per heavy atom. The Morgan fingerprint density at radius 2 is 1.90 bits per heavy atom. The number of nitrogens with two attached hydrogens (primary N) is 1. The number of amides is 1. The highest BCUT2D eigenvalue weighted by atomic mass is 16.5. The molecule has 0 spiro atoms. The highest BCUT2D eigenvalue weighted by Gasteiger charge is 2.20. The number of nitrogens with one attached hydrogen (secondary N) is 1. The number of carbonyl (C=O) groups is 1. The maximum atomic E-state index is 12.3. The smallest absolute Gasteiger partial charge is 0.282 e. The first-order chi connectivity index (χ1) is 14.5. The second kappa shape index (κ2) is 8.03. The van der Waals surface area contributed by atoms with Crippen molar-refractivity contribution in [3.8, 4) is 28.7 Å². The van der Waals surface area contributed by atoms with E-state index in [2.05, 4.69) is 25.8 Å². The topological polar surface area (TPSA) is 134 Å². The summed E-state index contributed by atoms with van der Waals surface area (Å²) in [4.78, 5) is 16.6. The summed E-state index contributed by atoms with van der Waals surface area (Å²) in [5, 5.41) is 14.6. The summed E-state index contributed by atoms with van der Waals surface area (Å²) in [6.45, 7) is 1.87. The van der Waals surface area contributed by atoms with Crippen LogP contribution in [-0.4, -0.2) is 38.2 Å². The lowest BCUT2D eigenvalue weighted by Crippen LogP contribution is -2.20. The molecule has 0 fully saturated rings. The van der Waals surface area contributed by atoms with E-state index in [-0.39, 0.29) is 29.9 Å². The van der Waals surface area contributed by atoms with E-state index < -0.39 is 0 Å². The average Bonchev–Trinajstić information content (AvgIpc) is 3.36. The number of aromatic nitrogens is 5. The number of rotatable bonds is 6. The molecule has 4 aromatic rings. The Morgan fingerprint density at radius 3 is 2.60 bits per heavy atom. The molecule has 2 heterocycles. The van der Waals surface area contributed by atoms with Gasteiger partial charge < -0.3 is 20.3 Å². The quantitative estimate of drug-likeness (QED) is 0.500. The van der Waals surface area contributed by atoms with Crippen LogP contribution >= 0.6 is 0 Å². The predicted octanol–water partition coefficient (Wildman–Crippen LogP) is 2.53. The SMILES string of the molecule is COc1ccc(NC(=O)Cn2nnc(-c3nc(-c4ccc(C)cc4)no3)c2N)cc1. The lowest BCUT2D eigenvalue weighted by molar-refractivity contribution is -0.116. The Labute approximate surface area is 171 Å². The molecule has 3 N–H and O–H groups in total. The van der Waals surface area contributed by atoms with Gasteiger partial charge >= 0.3 is 0 Å². The highest BCUT2D eigenvalue weighted by molar-refractivity contribution is 5.90. The fraction of sp³-hybridized carbons (Fsp3) is 0.150. The van der Waals surface area contributed by atoms with Crippen molar-refractivity contribution in [1.82, 2.24) is 25.1 Å². The first-order valence-corrected chi connectivity index (χ1v) is 9.07. The van der Waals surface area contributed by atoms with Gasteiger partial charge in [0.05, 0.1) is 7.11 Å². The third kappa shape index (κ3) is 3.97. The molecule has 30 heavy (non-hydrogen) atoms. The third-order valence-electron chi connectivity index (χ3n) is 4.38. The Hall–Kier alpha value is -4.21. The molecule has 0 atom stereocenters. The maximum absolute atomic E-state index is 12.3. The zero-order valence-corrected chi connectivity index (χ0v) is 16.4. The zero-order valence-electron chi connectivity index (χ0n) is 16.4. The number of methoxy groups -OCH3 is 1. The average molecular weight is 405 g/mol. The predicted molar refractivity (Wildman–Crippen MR) is 110 cm³/mol. The minimum Gasteiger partial charge on any atom is -0.497 e. The molecule has 0 bridgehead atoms. The summed E-state index contributed by atoms with van der Waals surface area (Å²) < 4.78 is 11.6. The maximum Gasteiger partial charge on any atom is 0.282 e. The van der Waals surface area contributed by atoms with Crippen molar-refractivity contribution >= 4 is 17.4 Å². The van der Waals surface area contributed by atoms with Gasteiger partial charge in [0, 0.05) is 11.3 Å². The molecule has 2 aromatic carbocycles. The van der Waals surface area contributed by atoms with Crippen molar-refractivity contribution in [1.29, 1.82) is 0 Å². The molecule has 0 saturated carbocycles. The van der Waals surface area contributed by atoms with E-state index >= 15 is 0 Å². The fourth-order valence-electron chi connectivity index (χ4n) is 2.74. The first-order valence-electron chi connectivity index (χ1n) is 9.07. The van der Waals surface area contributed by atoms with Crippen molar-refractivity contribution in [3.05, 3.63) is 54.1 Å². The van der Waals surface area contributed by atoms with Gasteiger partial charge in [0.2, 0.25) is 11.7 Å². The Balaban J connectivity index is 1.47. The molecular formula is C20H19N7O3. The molecule has 0 radical (unpaired) electrons. The van der Waals surface area contributed by atoms with Crippen LogP contribution in [0.25, 0.3) is 23.0 Å². The van der Waals surface area contributed by atoms with Crippen LogP contribution in [0.1, 0.15) is 5.56 Å². The molecule has 10 nitrogen and oxygen atoms in total. The van der Waals surface area contributed by atoms with Crippen molar-refractivity contribution < 1.29 is 14.1 Å². The zero-order chi connectivity index (χ0) is 21.1. The minimum absolute atomic E-state index is 0.121. The molecule has 0 aliphatic heterocycles. The minimum atomic E-state index is -0.311. The van der Waals surface area contributed by atoms with Crippen LogP contribution in [0.2, 0.25) is 0 Å². The monoisotopic (exact) mass is 405 g/mol. The second-order valence-electron chi connectivity index (χ2n) is 6.55. The van der Waals surface area contributed by atoms with Gasteiger partial charge in [-0.3, -0.25) is 4.79 Å². The number of nitrogen functional groups attached to an aromatic ring is 1. The molecule has 0 aliphatic carbocycles. The van der Waals surface area contributed by atoms with Crippen molar-refractivity contribution in [3.63, 3.8) is 0 Å². The van der Waals surface area contributed by atoms with Gasteiger partial charge in [0.25, 0.3) is 5.89 Å². The fourth-order valence-corrected chi connectivity index (χ4v) is 2.74. The number of hydrogen-bond acceptors (Lipinski definition) is 8. The number of carbonyl (C=O) groups excluding carboxylic acids is 1. The van der Waals surface area contributed by atoms with Crippen LogP contribution in [0.3, 0.4) is 0 Å². The van der Waals surface area contributed by atoms with E-state index in [0.29, 0.717) is 17.3 Å². The molecular weight excluding hydrogens is 386 g/mol. The highest BCUT2D eigenvalue weighted by Crippen LogP contribution is 2.25. The lowest BCUT2D eigenvalue weighted by Gasteiger charge is -2.07. The standard InChI is InChI=1S/C20H19N7O3/c1-12-3-5-13(6-4-12)19-23-20(30-25-19)17-18(21)27(26-24-17)11-16(28)22-14-7-9-15(29-2)10-8-14/h3-10H,11,21H2,1-2H3,(H,22,28). The number of ether oxygens (including phenoxy) is 1. The van der Waals surface area contributed by atoms with Crippen molar-refractivity contribution in [2.24, 2.45) is 0 Å². The summed E-state index contributed by atoms with van der Waals surface area (Å²) >= 11 is 0. The van der Waals surface area contributed by atoms with Crippen molar-refractivity contribution in [2.75, 3.05) is 18.2 Å². The normalized spacial score (nSPS) is 10.7. The molecule has 0 unspecified atom stereocenters. The number of benzene rings is 2. The van der Waals surface area contributed by atoms with Gasteiger partial charge in [-0.05, 0) is 31.2 Å².